The summed E-state index contributed by atoms with van der Waals surface area (Å²) in [7, 11) is -3.80. The number of nitrogens with zero attached hydrogens (tertiary/aromatic N) is 2. The molecule has 0 spiro atoms. The van der Waals surface area contributed by atoms with Crippen molar-refractivity contribution in [1.82, 2.24) is 9.21 Å². The number of benzene rings is 2. The van der Waals surface area contributed by atoms with Crippen LogP contribution in [-0.2, 0) is 21.2 Å². The summed E-state index contributed by atoms with van der Waals surface area (Å²) < 4.78 is 54.1. The Morgan fingerprint density at radius 2 is 1.73 bits per heavy atom. The van der Waals surface area contributed by atoms with Crippen LogP contribution in [0.4, 0.5) is 8.78 Å². The minimum Gasteiger partial charge on any atom is -0.335 e. The smallest absolute Gasteiger partial charge is 0.243 e. The minimum atomic E-state index is -3.80. The second-order valence-corrected chi connectivity index (χ2v) is 9.89. The van der Waals surface area contributed by atoms with Gasteiger partial charge in [-0.15, -0.1) is 0 Å². The van der Waals surface area contributed by atoms with Crippen LogP contribution in [0.3, 0.4) is 0 Å². The Morgan fingerprint density at radius 3 is 2.47 bits per heavy atom. The number of carbonyl (C=O) groups is 1. The molecule has 2 aliphatic heterocycles. The molecule has 30 heavy (non-hydrogen) atoms. The summed E-state index contributed by atoms with van der Waals surface area (Å²) in [5, 5.41) is 0. The summed E-state index contributed by atoms with van der Waals surface area (Å²) in [5.74, 6) is -1.39. The molecule has 1 fully saturated rings. The van der Waals surface area contributed by atoms with Gasteiger partial charge in [-0.05, 0) is 73.7 Å². The quantitative estimate of drug-likeness (QED) is 0.743. The van der Waals surface area contributed by atoms with Crippen molar-refractivity contribution in [3.05, 3.63) is 65.2 Å². The first-order valence-corrected chi connectivity index (χ1v) is 11.6. The standard InChI is InChI=1S/C22H24F2N2O3S/c1-15-21-13-19(24)5-4-16(21)10-12-26(15)22(27)17-3-2-11-25(14-17)30(28,29)20-8-6-18(23)7-9-20/h4-9,13,15,17H,2-3,10-12,14H2,1H3. The van der Waals surface area contributed by atoms with Crippen LogP contribution in [0.15, 0.2) is 47.4 Å². The molecule has 0 saturated carbocycles. The molecular weight excluding hydrogens is 410 g/mol. The first-order chi connectivity index (χ1) is 14.3. The van der Waals surface area contributed by atoms with Gasteiger partial charge in [0.2, 0.25) is 15.9 Å². The van der Waals surface area contributed by atoms with E-state index < -0.39 is 21.8 Å². The van der Waals surface area contributed by atoms with Gasteiger partial charge >= 0.3 is 0 Å². The maximum Gasteiger partial charge on any atom is 0.243 e. The Hall–Kier alpha value is -2.32. The number of carbonyl (C=O) groups excluding carboxylic acids is 1. The summed E-state index contributed by atoms with van der Waals surface area (Å²) in [6.45, 7) is 2.83. The third kappa shape index (κ3) is 3.86. The zero-order valence-corrected chi connectivity index (χ0v) is 17.5. The lowest BCUT2D eigenvalue weighted by Crippen LogP contribution is -2.48. The molecule has 5 nitrogen and oxygen atoms in total. The fraction of sp³-hybridized carbons (Fsp3) is 0.409. The van der Waals surface area contributed by atoms with E-state index in [0.717, 1.165) is 23.3 Å². The molecule has 1 saturated heterocycles. The maximum atomic E-state index is 13.7. The summed E-state index contributed by atoms with van der Waals surface area (Å²) in [5.41, 5.74) is 1.85. The van der Waals surface area contributed by atoms with E-state index in [-0.39, 0.29) is 29.2 Å². The predicted molar refractivity (Wildman–Crippen MR) is 108 cm³/mol. The van der Waals surface area contributed by atoms with Crippen LogP contribution in [0, 0.1) is 17.6 Å². The molecule has 1 amide bonds. The minimum absolute atomic E-state index is 0.0211. The molecule has 0 N–H and O–H groups in total. The van der Waals surface area contributed by atoms with Gasteiger partial charge in [0.05, 0.1) is 16.9 Å². The van der Waals surface area contributed by atoms with Gasteiger partial charge in [-0.1, -0.05) is 6.07 Å². The fourth-order valence-corrected chi connectivity index (χ4v) is 5.96. The molecule has 0 radical (unpaired) electrons. The Balaban J connectivity index is 1.52. The summed E-state index contributed by atoms with van der Waals surface area (Å²) in [6.07, 6.45) is 1.83. The molecule has 4 rings (SSSR count). The van der Waals surface area contributed by atoms with Gasteiger partial charge in [0, 0.05) is 19.6 Å². The second-order valence-electron chi connectivity index (χ2n) is 7.96. The van der Waals surface area contributed by atoms with Gasteiger partial charge in [-0.25, -0.2) is 17.2 Å². The zero-order chi connectivity index (χ0) is 21.5. The Labute approximate surface area is 175 Å². The number of hydrogen-bond acceptors (Lipinski definition) is 3. The molecule has 160 valence electrons. The lowest BCUT2D eigenvalue weighted by atomic mass is 9.90. The third-order valence-electron chi connectivity index (χ3n) is 6.12. The first kappa shape index (κ1) is 20.9. The topological polar surface area (TPSA) is 57.7 Å². The molecule has 2 aliphatic rings. The highest BCUT2D eigenvalue weighted by molar-refractivity contribution is 7.89. The summed E-state index contributed by atoms with van der Waals surface area (Å²) in [4.78, 5) is 15.0. The van der Waals surface area contributed by atoms with Crippen molar-refractivity contribution in [3.8, 4) is 0 Å². The zero-order valence-electron chi connectivity index (χ0n) is 16.7. The lowest BCUT2D eigenvalue weighted by molar-refractivity contribution is -0.139. The highest BCUT2D eigenvalue weighted by atomic mass is 32.2. The maximum absolute atomic E-state index is 13.7. The Morgan fingerprint density at radius 1 is 1.03 bits per heavy atom. The van der Waals surface area contributed by atoms with Gasteiger partial charge in [0.1, 0.15) is 11.6 Å². The number of hydrogen-bond donors (Lipinski definition) is 0. The molecule has 2 aromatic carbocycles. The Bertz CT molecular complexity index is 1060. The van der Waals surface area contributed by atoms with Crippen molar-refractivity contribution in [1.29, 1.82) is 0 Å². The SMILES string of the molecule is CC1c2cc(F)ccc2CCN1C(=O)C1CCCN(S(=O)(=O)c2ccc(F)cc2)C1. The van der Waals surface area contributed by atoms with Crippen molar-refractivity contribution in [2.75, 3.05) is 19.6 Å². The van der Waals surface area contributed by atoms with Crippen molar-refractivity contribution >= 4 is 15.9 Å². The summed E-state index contributed by atoms with van der Waals surface area (Å²) in [6, 6.07) is 9.13. The largest absolute Gasteiger partial charge is 0.335 e. The van der Waals surface area contributed by atoms with E-state index in [0.29, 0.717) is 32.4 Å². The first-order valence-electron chi connectivity index (χ1n) is 10.1. The monoisotopic (exact) mass is 434 g/mol. The van der Waals surface area contributed by atoms with Crippen molar-refractivity contribution in [2.24, 2.45) is 5.92 Å². The van der Waals surface area contributed by atoms with Gasteiger partial charge in [0.25, 0.3) is 0 Å². The number of rotatable bonds is 3. The van der Waals surface area contributed by atoms with Gasteiger partial charge < -0.3 is 4.90 Å². The number of amides is 1. The highest BCUT2D eigenvalue weighted by Crippen LogP contribution is 2.33. The number of halogens is 2. The highest BCUT2D eigenvalue weighted by Gasteiger charge is 2.37. The normalized spacial score (nSPS) is 22.6. The van der Waals surface area contributed by atoms with E-state index in [1.807, 2.05) is 6.92 Å². The molecule has 2 heterocycles. The number of piperidine rings is 1. The molecule has 0 aromatic heterocycles. The van der Waals surface area contributed by atoms with E-state index in [2.05, 4.69) is 0 Å². The molecular formula is C22H24F2N2O3S. The van der Waals surface area contributed by atoms with Crippen LogP contribution in [0.2, 0.25) is 0 Å². The van der Waals surface area contributed by atoms with Gasteiger partial charge in [-0.3, -0.25) is 4.79 Å². The van der Waals surface area contributed by atoms with Gasteiger partial charge in [0.15, 0.2) is 0 Å². The molecule has 2 atom stereocenters. The van der Waals surface area contributed by atoms with E-state index >= 15 is 0 Å². The van der Waals surface area contributed by atoms with Crippen LogP contribution in [0.1, 0.15) is 36.9 Å². The average Bonchev–Trinajstić information content (AvgIpc) is 2.74. The van der Waals surface area contributed by atoms with E-state index in [9.17, 15) is 22.0 Å². The van der Waals surface area contributed by atoms with Crippen molar-refractivity contribution in [3.63, 3.8) is 0 Å². The van der Waals surface area contributed by atoms with Crippen LogP contribution in [-0.4, -0.2) is 43.2 Å². The molecule has 2 unspecified atom stereocenters. The molecule has 0 aliphatic carbocycles. The summed E-state index contributed by atoms with van der Waals surface area (Å²) >= 11 is 0. The fourth-order valence-electron chi connectivity index (χ4n) is 4.44. The number of fused-ring (bicyclic) bond motifs is 1. The lowest BCUT2D eigenvalue weighted by Gasteiger charge is -2.39. The van der Waals surface area contributed by atoms with Crippen LogP contribution in [0.25, 0.3) is 0 Å². The van der Waals surface area contributed by atoms with Crippen LogP contribution in [0.5, 0.6) is 0 Å². The van der Waals surface area contributed by atoms with Crippen molar-refractivity contribution < 1.29 is 22.0 Å². The van der Waals surface area contributed by atoms with Crippen LogP contribution < -0.4 is 0 Å². The van der Waals surface area contributed by atoms with Gasteiger partial charge in [-0.2, -0.15) is 4.31 Å². The van der Waals surface area contributed by atoms with Crippen LogP contribution >= 0.6 is 0 Å². The Kier molecular flexibility index (Phi) is 5.63. The van der Waals surface area contributed by atoms with E-state index in [4.69, 9.17) is 0 Å². The van der Waals surface area contributed by atoms with Crippen molar-refractivity contribution in [2.45, 2.75) is 37.1 Å². The molecule has 8 heteroatoms. The van der Waals surface area contributed by atoms with E-state index in [1.54, 1.807) is 11.0 Å². The average molecular weight is 435 g/mol. The number of sulfonamides is 1. The molecule has 0 bridgehead atoms. The predicted octanol–water partition coefficient (Wildman–Crippen LogP) is 3.51. The second kappa shape index (κ2) is 8.07. The van der Waals surface area contributed by atoms with E-state index in [1.165, 1.54) is 28.6 Å². The molecule has 2 aromatic rings. The third-order valence-corrected chi connectivity index (χ3v) is 7.99.